The molecule has 0 aliphatic heterocycles. The first-order valence-electron chi connectivity index (χ1n) is 8.58. The molecule has 3 N–H and O–H groups in total. The fourth-order valence-electron chi connectivity index (χ4n) is 2.30. The largest absolute Gasteiger partial charge is 0.496 e. The van der Waals surface area contributed by atoms with Crippen LogP contribution in [0.1, 0.15) is 37.6 Å². The highest BCUT2D eigenvalue weighted by Crippen LogP contribution is 2.23. The van der Waals surface area contributed by atoms with E-state index in [1.54, 1.807) is 20.4 Å². The Morgan fingerprint density at radius 1 is 1.19 bits per heavy atom. The first kappa shape index (κ1) is 25.2. The summed E-state index contributed by atoms with van der Waals surface area (Å²) in [6, 6.07) is 0. The summed E-state index contributed by atoms with van der Waals surface area (Å²) in [7, 11) is 3.34. The van der Waals surface area contributed by atoms with Gasteiger partial charge in [0.1, 0.15) is 11.4 Å². The van der Waals surface area contributed by atoms with Crippen molar-refractivity contribution in [2.24, 2.45) is 4.99 Å². The first-order chi connectivity index (χ1) is 12.2. The number of nitrogens with zero attached hydrogens (tertiary/aromatic N) is 2. The molecule has 9 heteroatoms. The van der Waals surface area contributed by atoms with Crippen molar-refractivity contribution in [1.29, 1.82) is 0 Å². The maximum absolute atomic E-state index is 11.6. The molecule has 0 atom stereocenters. The van der Waals surface area contributed by atoms with E-state index in [1.165, 1.54) is 0 Å². The van der Waals surface area contributed by atoms with Gasteiger partial charge < -0.3 is 25.4 Å². The van der Waals surface area contributed by atoms with Crippen LogP contribution in [-0.2, 0) is 11.3 Å². The lowest BCUT2D eigenvalue weighted by Gasteiger charge is -2.20. The van der Waals surface area contributed by atoms with Crippen LogP contribution in [0.2, 0.25) is 0 Å². The van der Waals surface area contributed by atoms with Gasteiger partial charge in [0.2, 0.25) is 0 Å². The Balaban J connectivity index is 0.00000676. The second-order valence-corrected chi connectivity index (χ2v) is 6.83. The summed E-state index contributed by atoms with van der Waals surface area (Å²) in [6.45, 7) is 10.9. The maximum Gasteiger partial charge on any atom is 0.407 e. The molecule has 0 spiro atoms. The number of nitrogens with one attached hydrogen (secondary N) is 3. The Hall–Kier alpha value is -1.78. The van der Waals surface area contributed by atoms with E-state index in [9.17, 15) is 4.79 Å². The van der Waals surface area contributed by atoms with Gasteiger partial charge in [-0.2, -0.15) is 0 Å². The molecule has 0 unspecified atom stereocenters. The van der Waals surface area contributed by atoms with Crippen LogP contribution in [0.4, 0.5) is 4.79 Å². The number of halogens is 1. The number of ether oxygens (including phenoxy) is 2. The van der Waals surface area contributed by atoms with Gasteiger partial charge in [0, 0.05) is 37.5 Å². The minimum atomic E-state index is -0.505. The number of rotatable bonds is 6. The number of aliphatic imine (C=N–C) groups is 1. The number of guanidine groups is 1. The van der Waals surface area contributed by atoms with Crippen molar-refractivity contribution in [3.63, 3.8) is 0 Å². The number of carbonyl (C=O) groups excluding carboxylic acids is 1. The zero-order valence-electron chi connectivity index (χ0n) is 17.2. The maximum atomic E-state index is 11.6. The van der Waals surface area contributed by atoms with Crippen LogP contribution in [0, 0.1) is 13.8 Å². The van der Waals surface area contributed by atoms with E-state index in [0.717, 1.165) is 22.6 Å². The Morgan fingerprint density at radius 3 is 2.37 bits per heavy atom. The molecular formula is C18H32IN5O3. The second kappa shape index (κ2) is 11.8. The number of pyridine rings is 1. The second-order valence-electron chi connectivity index (χ2n) is 6.83. The number of methoxy groups -OCH3 is 1. The van der Waals surface area contributed by atoms with Crippen molar-refractivity contribution < 1.29 is 14.3 Å². The van der Waals surface area contributed by atoms with Gasteiger partial charge in [0.05, 0.1) is 19.3 Å². The van der Waals surface area contributed by atoms with Gasteiger partial charge in [-0.25, -0.2) is 4.79 Å². The molecule has 0 radical (unpaired) electrons. The van der Waals surface area contributed by atoms with E-state index < -0.39 is 11.7 Å². The molecule has 0 aromatic carbocycles. The van der Waals surface area contributed by atoms with Crippen LogP contribution in [0.5, 0.6) is 5.75 Å². The number of aryl methyl sites for hydroxylation is 1. The van der Waals surface area contributed by atoms with E-state index in [4.69, 9.17) is 9.47 Å². The lowest BCUT2D eigenvalue weighted by atomic mass is 10.1. The Labute approximate surface area is 178 Å². The molecule has 1 rings (SSSR count). The molecule has 1 amide bonds. The molecule has 1 aromatic rings. The summed E-state index contributed by atoms with van der Waals surface area (Å²) in [4.78, 5) is 20.2. The van der Waals surface area contributed by atoms with Crippen LogP contribution in [0.3, 0.4) is 0 Å². The standard InChI is InChI=1S/C18H31N5O3.HI/c1-12-10-22-14(13(2)15(12)25-7)11-23-16(19-6)20-8-9-21-17(24)26-18(3,4)5;/h10H,8-9,11H2,1-7H3,(H,21,24)(H2,19,20,23);1H. The fourth-order valence-corrected chi connectivity index (χ4v) is 2.30. The highest BCUT2D eigenvalue weighted by Gasteiger charge is 2.15. The quantitative estimate of drug-likeness (QED) is 0.244. The average molecular weight is 493 g/mol. The molecule has 0 bridgehead atoms. The topological polar surface area (TPSA) is 96.9 Å². The minimum absolute atomic E-state index is 0. The highest BCUT2D eigenvalue weighted by molar-refractivity contribution is 14.0. The number of alkyl carbamates (subject to hydrolysis) is 1. The lowest BCUT2D eigenvalue weighted by Crippen LogP contribution is -2.42. The van der Waals surface area contributed by atoms with E-state index in [0.29, 0.717) is 25.6 Å². The van der Waals surface area contributed by atoms with E-state index >= 15 is 0 Å². The Morgan fingerprint density at radius 2 is 1.81 bits per heavy atom. The molecular weight excluding hydrogens is 461 g/mol. The van der Waals surface area contributed by atoms with Gasteiger partial charge >= 0.3 is 6.09 Å². The average Bonchev–Trinajstić information content (AvgIpc) is 2.54. The van der Waals surface area contributed by atoms with Gasteiger partial charge in [-0.1, -0.05) is 0 Å². The number of carbonyl (C=O) groups is 1. The SMILES string of the molecule is CN=C(NCCNC(=O)OC(C)(C)C)NCc1ncc(C)c(OC)c1C.I. The zero-order valence-corrected chi connectivity index (χ0v) is 19.6. The Bertz CT molecular complexity index is 645. The van der Waals surface area contributed by atoms with Crippen LogP contribution in [-0.4, -0.2) is 49.9 Å². The molecule has 8 nitrogen and oxygen atoms in total. The number of hydrogen-bond donors (Lipinski definition) is 3. The van der Waals surface area contributed by atoms with Crippen LogP contribution in [0.15, 0.2) is 11.2 Å². The van der Waals surface area contributed by atoms with Crippen molar-refractivity contribution in [3.05, 3.63) is 23.0 Å². The number of hydrogen-bond acceptors (Lipinski definition) is 5. The molecule has 27 heavy (non-hydrogen) atoms. The number of amides is 1. The summed E-state index contributed by atoms with van der Waals surface area (Å²) < 4.78 is 10.6. The summed E-state index contributed by atoms with van der Waals surface area (Å²) in [5.41, 5.74) is 2.39. The van der Waals surface area contributed by atoms with Crippen molar-refractivity contribution >= 4 is 36.0 Å². The van der Waals surface area contributed by atoms with Crippen molar-refractivity contribution in [2.45, 2.75) is 46.8 Å². The van der Waals surface area contributed by atoms with E-state index in [1.807, 2.05) is 34.6 Å². The summed E-state index contributed by atoms with van der Waals surface area (Å²) in [6.07, 6.45) is 1.36. The predicted molar refractivity (Wildman–Crippen MR) is 118 cm³/mol. The van der Waals surface area contributed by atoms with Crippen molar-refractivity contribution in [1.82, 2.24) is 20.9 Å². The molecule has 154 valence electrons. The smallest absolute Gasteiger partial charge is 0.407 e. The van der Waals surface area contributed by atoms with Crippen molar-refractivity contribution in [2.75, 3.05) is 27.2 Å². The van der Waals surface area contributed by atoms with Gasteiger partial charge in [-0.3, -0.25) is 9.98 Å². The third kappa shape index (κ3) is 9.12. The molecule has 0 fully saturated rings. The minimum Gasteiger partial charge on any atom is -0.496 e. The zero-order chi connectivity index (χ0) is 19.7. The van der Waals surface area contributed by atoms with Gasteiger partial charge in [-0.15, -0.1) is 24.0 Å². The Kier molecular flexibility index (Phi) is 11.1. The molecule has 0 aliphatic carbocycles. The summed E-state index contributed by atoms with van der Waals surface area (Å²) >= 11 is 0. The first-order valence-corrected chi connectivity index (χ1v) is 8.58. The van der Waals surface area contributed by atoms with Crippen molar-refractivity contribution in [3.8, 4) is 5.75 Å². The predicted octanol–water partition coefficient (Wildman–Crippen LogP) is 2.51. The summed E-state index contributed by atoms with van der Waals surface area (Å²) in [5, 5.41) is 9.02. The van der Waals surface area contributed by atoms with Gasteiger partial charge in [0.15, 0.2) is 5.96 Å². The van der Waals surface area contributed by atoms with Gasteiger partial charge in [-0.05, 0) is 34.6 Å². The van der Waals surface area contributed by atoms with Crippen LogP contribution in [0.25, 0.3) is 0 Å². The van der Waals surface area contributed by atoms with Crippen LogP contribution >= 0.6 is 24.0 Å². The van der Waals surface area contributed by atoms with Crippen LogP contribution < -0.4 is 20.7 Å². The van der Waals surface area contributed by atoms with Gasteiger partial charge in [0.25, 0.3) is 0 Å². The van der Waals surface area contributed by atoms with E-state index in [2.05, 4.69) is 25.9 Å². The fraction of sp³-hybridized carbons (Fsp3) is 0.611. The third-order valence-electron chi connectivity index (χ3n) is 3.48. The summed E-state index contributed by atoms with van der Waals surface area (Å²) in [5.74, 6) is 1.47. The molecule has 1 aromatic heterocycles. The molecule has 0 aliphatic rings. The monoisotopic (exact) mass is 493 g/mol. The molecule has 0 saturated carbocycles. The van der Waals surface area contributed by atoms with E-state index in [-0.39, 0.29) is 24.0 Å². The third-order valence-corrected chi connectivity index (χ3v) is 3.48. The number of aromatic nitrogens is 1. The molecule has 0 saturated heterocycles. The lowest BCUT2D eigenvalue weighted by molar-refractivity contribution is 0.0529. The highest BCUT2D eigenvalue weighted by atomic mass is 127. The normalized spacial score (nSPS) is 11.3. The molecule has 1 heterocycles.